The van der Waals surface area contributed by atoms with Gasteiger partial charge in [-0.1, -0.05) is 0 Å². The van der Waals surface area contributed by atoms with Crippen LogP contribution in [0.3, 0.4) is 0 Å². The van der Waals surface area contributed by atoms with Gasteiger partial charge in [0.05, 0.1) is 12.2 Å². The first kappa shape index (κ1) is 12.9. The monoisotopic (exact) mass is 262 g/mol. The number of ether oxygens (including phenoxy) is 1. The van der Waals surface area contributed by atoms with Crippen molar-refractivity contribution in [3.8, 4) is 0 Å². The van der Waals surface area contributed by atoms with Gasteiger partial charge in [-0.2, -0.15) is 13.2 Å². The first-order chi connectivity index (χ1) is 8.39. The SMILES string of the molecule is OC(C1=CCCO1)c1cc(F)ccc1C(F)(F)F. The van der Waals surface area contributed by atoms with E-state index < -0.39 is 29.2 Å². The highest BCUT2D eigenvalue weighted by atomic mass is 19.4. The maximum absolute atomic E-state index is 13.0. The van der Waals surface area contributed by atoms with E-state index in [1.807, 2.05) is 0 Å². The molecule has 0 aliphatic carbocycles. The van der Waals surface area contributed by atoms with Crippen LogP contribution in [0.15, 0.2) is 30.0 Å². The van der Waals surface area contributed by atoms with Crippen molar-refractivity contribution in [1.82, 2.24) is 0 Å². The molecule has 1 aliphatic rings. The van der Waals surface area contributed by atoms with Crippen molar-refractivity contribution in [1.29, 1.82) is 0 Å². The van der Waals surface area contributed by atoms with Gasteiger partial charge in [0, 0.05) is 12.0 Å². The topological polar surface area (TPSA) is 29.5 Å². The second-order valence-corrected chi connectivity index (χ2v) is 3.88. The Morgan fingerprint density at radius 1 is 1.28 bits per heavy atom. The zero-order chi connectivity index (χ0) is 13.3. The van der Waals surface area contributed by atoms with E-state index in [0.717, 1.165) is 0 Å². The molecule has 0 radical (unpaired) electrons. The van der Waals surface area contributed by atoms with E-state index in [1.165, 1.54) is 6.08 Å². The average molecular weight is 262 g/mol. The van der Waals surface area contributed by atoms with Gasteiger partial charge in [0.1, 0.15) is 17.7 Å². The molecule has 0 aromatic heterocycles. The molecule has 0 bridgehead atoms. The third kappa shape index (κ3) is 2.48. The Morgan fingerprint density at radius 3 is 2.56 bits per heavy atom. The summed E-state index contributed by atoms with van der Waals surface area (Å²) >= 11 is 0. The van der Waals surface area contributed by atoms with Gasteiger partial charge in [0.15, 0.2) is 0 Å². The Labute approximate surface area is 100 Å². The van der Waals surface area contributed by atoms with Gasteiger partial charge >= 0.3 is 6.18 Å². The van der Waals surface area contributed by atoms with Crippen LogP contribution in [0, 0.1) is 5.82 Å². The Kier molecular flexibility index (Phi) is 3.30. The van der Waals surface area contributed by atoms with Crippen molar-refractivity contribution in [2.75, 3.05) is 6.61 Å². The molecule has 1 N–H and O–H groups in total. The van der Waals surface area contributed by atoms with Crippen LogP contribution in [0.1, 0.15) is 23.7 Å². The number of aliphatic hydroxyl groups excluding tert-OH is 1. The van der Waals surface area contributed by atoms with Gasteiger partial charge in [0.25, 0.3) is 0 Å². The number of rotatable bonds is 2. The molecule has 1 heterocycles. The maximum atomic E-state index is 13.0. The highest BCUT2D eigenvalue weighted by molar-refractivity contribution is 5.35. The molecule has 1 aromatic carbocycles. The standard InChI is InChI=1S/C12H10F4O2/c13-7-3-4-9(12(14,15)16)8(6-7)11(17)10-2-1-5-18-10/h2-4,6,11,17H,1,5H2. The molecule has 0 amide bonds. The lowest BCUT2D eigenvalue weighted by Gasteiger charge is -2.18. The number of benzene rings is 1. The second-order valence-electron chi connectivity index (χ2n) is 3.88. The highest BCUT2D eigenvalue weighted by Crippen LogP contribution is 2.37. The number of alkyl halides is 3. The van der Waals surface area contributed by atoms with Crippen LogP contribution in [-0.4, -0.2) is 11.7 Å². The van der Waals surface area contributed by atoms with E-state index in [0.29, 0.717) is 31.2 Å². The Hall–Kier alpha value is -1.56. The minimum Gasteiger partial charge on any atom is -0.495 e. The largest absolute Gasteiger partial charge is 0.495 e. The van der Waals surface area contributed by atoms with Crippen LogP contribution >= 0.6 is 0 Å². The fourth-order valence-corrected chi connectivity index (χ4v) is 1.80. The summed E-state index contributed by atoms with van der Waals surface area (Å²) in [6.45, 7) is 0.309. The zero-order valence-electron chi connectivity index (χ0n) is 9.17. The van der Waals surface area contributed by atoms with E-state index in [1.54, 1.807) is 0 Å². The van der Waals surface area contributed by atoms with Crippen LogP contribution in [0.25, 0.3) is 0 Å². The third-order valence-corrected chi connectivity index (χ3v) is 2.62. The molecule has 1 atom stereocenters. The summed E-state index contributed by atoms with van der Waals surface area (Å²) in [5.74, 6) is -0.804. The fourth-order valence-electron chi connectivity index (χ4n) is 1.80. The van der Waals surface area contributed by atoms with E-state index in [2.05, 4.69) is 0 Å². The zero-order valence-corrected chi connectivity index (χ0v) is 9.17. The molecule has 18 heavy (non-hydrogen) atoms. The molecular weight excluding hydrogens is 252 g/mol. The summed E-state index contributed by atoms with van der Waals surface area (Å²) in [5.41, 5.74) is -1.59. The van der Waals surface area contributed by atoms with Crippen molar-refractivity contribution in [3.63, 3.8) is 0 Å². The molecule has 98 valence electrons. The van der Waals surface area contributed by atoms with Crippen LogP contribution in [-0.2, 0) is 10.9 Å². The Morgan fingerprint density at radius 2 is 2.00 bits per heavy atom. The lowest BCUT2D eigenvalue weighted by Crippen LogP contribution is -2.14. The van der Waals surface area contributed by atoms with Gasteiger partial charge in [-0.3, -0.25) is 0 Å². The summed E-state index contributed by atoms with van der Waals surface area (Å²) in [6.07, 6.45) is -4.23. The van der Waals surface area contributed by atoms with E-state index >= 15 is 0 Å². The molecule has 0 saturated heterocycles. The molecule has 6 heteroatoms. The summed E-state index contributed by atoms with van der Waals surface area (Å²) in [6, 6.07) is 2.00. The Balaban J connectivity index is 2.44. The summed E-state index contributed by atoms with van der Waals surface area (Å²) < 4.78 is 56.2. The van der Waals surface area contributed by atoms with Crippen LogP contribution in [0.2, 0.25) is 0 Å². The predicted molar refractivity (Wildman–Crippen MR) is 55.0 cm³/mol. The lowest BCUT2D eigenvalue weighted by atomic mass is 10.00. The molecule has 0 spiro atoms. The average Bonchev–Trinajstić information content (AvgIpc) is 2.79. The molecule has 1 aliphatic heterocycles. The first-order valence-corrected chi connectivity index (χ1v) is 5.27. The van der Waals surface area contributed by atoms with Crippen LogP contribution < -0.4 is 0 Å². The third-order valence-electron chi connectivity index (χ3n) is 2.62. The van der Waals surface area contributed by atoms with Gasteiger partial charge in [-0.25, -0.2) is 4.39 Å². The van der Waals surface area contributed by atoms with Crippen molar-refractivity contribution >= 4 is 0 Å². The van der Waals surface area contributed by atoms with E-state index in [4.69, 9.17) is 4.74 Å². The smallest absolute Gasteiger partial charge is 0.416 e. The number of halogens is 4. The maximum Gasteiger partial charge on any atom is 0.416 e. The van der Waals surface area contributed by atoms with Gasteiger partial charge in [-0.05, 0) is 24.3 Å². The second kappa shape index (κ2) is 4.61. The van der Waals surface area contributed by atoms with Crippen LogP contribution in [0.4, 0.5) is 17.6 Å². The summed E-state index contributed by atoms with van der Waals surface area (Å²) in [5, 5.41) is 9.83. The predicted octanol–water partition coefficient (Wildman–Crippen LogP) is 3.18. The van der Waals surface area contributed by atoms with Crippen molar-refractivity contribution in [3.05, 3.63) is 47.0 Å². The van der Waals surface area contributed by atoms with Crippen molar-refractivity contribution < 1.29 is 27.4 Å². The molecule has 1 unspecified atom stereocenters. The first-order valence-electron chi connectivity index (χ1n) is 5.27. The number of hydrogen-bond acceptors (Lipinski definition) is 2. The molecular formula is C12H10F4O2. The van der Waals surface area contributed by atoms with Crippen molar-refractivity contribution in [2.24, 2.45) is 0 Å². The molecule has 2 nitrogen and oxygen atoms in total. The van der Waals surface area contributed by atoms with Gasteiger partial charge in [0.2, 0.25) is 0 Å². The van der Waals surface area contributed by atoms with Crippen LogP contribution in [0.5, 0.6) is 0 Å². The Bertz CT molecular complexity index is 479. The molecule has 0 saturated carbocycles. The summed E-state index contributed by atoms with van der Waals surface area (Å²) in [4.78, 5) is 0. The number of hydrogen-bond donors (Lipinski definition) is 1. The molecule has 2 rings (SSSR count). The number of aliphatic hydroxyl groups is 1. The summed E-state index contributed by atoms with van der Waals surface area (Å²) in [7, 11) is 0. The van der Waals surface area contributed by atoms with Crippen molar-refractivity contribution in [2.45, 2.75) is 18.7 Å². The van der Waals surface area contributed by atoms with Gasteiger partial charge in [-0.15, -0.1) is 0 Å². The highest BCUT2D eigenvalue weighted by Gasteiger charge is 2.36. The van der Waals surface area contributed by atoms with Gasteiger partial charge < -0.3 is 9.84 Å². The molecule has 1 aromatic rings. The molecule has 0 fully saturated rings. The van der Waals surface area contributed by atoms with E-state index in [9.17, 15) is 22.7 Å². The fraction of sp³-hybridized carbons (Fsp3) is 0.333. The normalized spacial score (nSPS) is 17.3. The lowest BCUT2D eigenvalue weighted by molar-refractivity contribution is -0.139. The van der Waals surface area contributed by atoms with E-state index in [-0.39, 0.29) is 5.76 Å². The minimum atomic E-state index is -4.65. The quantitative estimate of drug-likeness (QED) is 0.829. The minimum absolute atomic E-state index is 0.0334.